The molecule has 0 radical (unpaired) electrons. The minimum Gasteiger partial charge on any atom is -0.462 e. The Morgan fingerprint density at radius 1 is 1.32 bits per heavy atom. The number of esters is 1. The summed E-state index contributed by atoms with van der Waals surface area (Å²) >= 11 is 1.23. The first kappa shape index (κ1) is 17.6. The molecule has 1 amide bonds. The van der Waals surface area contributed by atoms with Crippen LogP contribution in [0.25, 0.3) is 0 Å². The SMILES string of the molecule is CCOC(=O)c1sc(N(Cc2ccccc2)C(=O)C2CC2C)nc1C. The van der Waals surface area contributed by atoms with E-state index in [1.54, 1.807) is 18.7 Å². The first-order chi connectivity index (χ1) is 12.0. The molecule has 0 N–H and O–H groups in total. The zero-order valence-electron chi connectivity index (χ0n) is 14.7. The number of amides is 1. The normalized spacial score (nSPS) is 18.7. The number of nitrogens with zero attached hydrogens (tertiary/aromatic N) is 2. The van der Waals surface area contributed by atoms with E-state index in [0.29, 0.717) is 34.8 Å². The number of hydrogen-bond donors (Lipinski definition) is 0. The van der Waals surface area contributed by atoms with Gasteiger partial charge in [0, 0.05) is 5.92 Å². The van der Waals surface area contributed by atoms with E-state index in [0.717, 1.165) is 12.0 Å². The van der Waals surface area contributed by atoms with E-state index in [-0.39, 0.29) is 17.8 Å². The summed E-state index contributed by atoms with van der Waals surface area (Å²) in [5, 5.41) is 0.563. The fourth-order valence-corrected chi connectivity index (χ4v) is 3.72. The monoisotopic (exact) mass is 358 g/mol. The van der Waals surface area contributed by atoms with E-state index in [4.69, 9.17) is 4.74 Å². The second kappa shape index (κ2) is 7.35. The number of hydrogen-bond acceptors (Lipinski definition) is 5. The van der Waals surface area contributed by atoms with Gasteiger partial charge in [-0.15, -0.1) is 0 Å². The van der Waals surface area contributed by atoms with Crippen molar-refractivity contribution >= 4 is 28.3 Å². The third-order valence-corrected chi connectivity index (χ3v) is 5.51. The fourth-order valence-electron chi connectivity index (χ4n) is 2.76. The number of carbonyl (C=O) groups excluding carboxylic acids is 2. The zero-order valence-corrected chi connectivity index (χ0v) is 15.5. The van der Waals surface area contributed by atoms with E-state index in [1.165, 1.54) is 11.3 Å². The molecular formula is C19H22N2O3S. The van der Waals surface area contributed by atoms with Crippen molar-refractivity contribution in [3.05, 3.63) is 46.5 Å². The molecule has 2 aromatic rings. The summed E-state index contributed by atoms with van der Waals surface area (Å²) in [6.45, 7) is 6.41. The van der Waals surface area contributed by atoms with E-state index in [2.05, 4.69) is 11.9 Å². The molecule has 1 aliphatic carbocycles. The summed E-state index contributed by atoms with van der Waals surface area (Å²) in [6, 6.07) is 9.83. The van der Waals surface area contributed by atoms with Crippen LogP contribution in [0.15, 0.2) is 30.3 Å². The quantitative estimate of drug-likeness (QED) is 0.737. The Morgan fingerprint density at radius 3 is 2.60 bits per heavy atom. The van der Waals surface area contributed by atoms with Crippen LogP contribution in [0.4, 0.5) is 5.13 Å². The van der Waals surface area contributed by atoms with Gasteiger partial charge in [0.25, 0.3) is 0 Å². The molecule has 1 aliphatic rings. The summed E-state index contributed by atoms with van der Waals surface area (Å²) < 4.78 is 5.09. The number of benzene rings is 1. The molecule has 5 nitrogen and oxygen atoms in total. The van der Waals surface area contributed by atoms with Crippen molar-refractivity contribution in [1.82, 2.24) is 4.98 Å². The van der Waals surface area contributed by atoms with Gasteiger partial charge in [-0.05, 0) is 31.7 Å². The lowest BCUT2D eigenvalue weighted by Crippen LogP contribution is -2.32. The fraction of sp³-hybridized carbons (Fsp3) is 0.421. The molecule has 0 saturated heterocycles. The lowest BCUT2D eigenvalue weighted by molar-refractivity contribution is -0.120. The predicted molar refractivity (Wildman–Crippen MR) is 97.7 cm³/mol. The van der Waals surface area contributed by atoms with Crippen molar-refractivity contribution in [2.75, 3.05) is 11.5 Å². The van der Waals surface area contributed by atoms with Gasteiger partial charge in [0.05, 0.1) is 18.8 Å². The predicted octanol–water partition coefficient (Wildman–Crippen LogP) is 3.82. The molecule has 1 aromatic carbocycles. The van der Waals surface area contributed by atoms with Gasteiger partial charge in [-0.2, -0.15) is 0 Å². The molecule has 2 atom stereocenters. The Bertz CT molecular complexity index is 772. The number of rotatable bonds is 6. The summed E-state index contributed by atoms with van der Waals surface area (Å²) in [4.78, 5) is 31.7. The number of ether oxygens (including phenoxy) is 1. The Balaban J connectivity index is 1.90. The highest BCUT2D eigenvalue weighted by atomic mass is 32.1. The van der Waals surface area contributed by atoms with Gasteiger partial charge in [0.2, 0.25) is 5.91 Å². The summed E-state index contributed by atoms with van der Waals surface area (Å²) in [7, 11) is 0. The van der Waals surface area contributed by atoms with Crippen LogP contribution in [-0.4, -0.2) is 23.5 Å². The molecule has 0 aliphatic heterocycles. The standard InChI is InChI=1S/C19H22N2O3S/c1-4-24-18(23)16-13(3)20-19(25-16)21(17(22)15-10-12(15)2)11-14-8-6-5-7-9-14/h5-9,12,15H,4,10-11H2,1-3H3. The number of aryl methyl sites for hydroxylation is 1. The van der Waals surface area contributed by atoms with Crippen molar-refractivity contribution in [3.63, 3.8) is 0 Å². The molecule has 1 aromatic heterocycles. The maximum Gasteiger partial charge on any atom is 0.350 e. The molecule has 0 spiro atoms. The van der Waals surface area contributed by atoms with Gasteiger partial charge in [-0.3, -0.25) is 9.69 Å². The number of anilines is 1. The number of aromatic nitrogens is 1. The largest absolute Gasteiger partial charge is 0.462 e. The van der Waals surface area contributed by atoms with E-state index in [1.807, 2.05) is 30.3 Å². The second-order valence-electron chi connectivity index (χ2n) is 6.36. The topological polar surface area (TPSA) is 59.5 Å². The van der Waals surface area contributed by atoms with Crippen molar-refractivity contribution in [3.8, 4) is 0 Å². The van der Waals surface area contributed by atoms with Gasteiger partial charge >= 0.3 is 5.97 Å². The minimum atomic E-state index is -0.379. The van der Waals surface area contributed by atoms with Gasteiger partial charge in [-0.25, -0.2) is 9.78 Å². The van der Waals surface area contributed by atoms with Crippen molar-refractivity contribution < 1.29 is 14.3 Å². The maximum atomic E-state index is 12.9. The molecule has 1 heterocycles. The first-order valence-electron chi connectivity index (χ1n) is 8.51. The maximum absolute atomic E-state index is 12.9. The molecule has 25 heavy (non-hydrogen) atoms. The smallest absolute Gasteiger partial charge is 0.350 e. The number of thiazole rings is 1. The minimum absolute atomic E-state index is 0.0546. The van der Waals surface area contributed by atoms with Gasteiger partial charge < -0.3 is 4.74 Å². The van der Waals surface area contributed by atoms with Crippen LogP contribution in [-0.2, 0) is 16.1 Å². The van der Waals surface area contributed by atoms with Crippen LogP contribution in [0.2, 0.25) is 0 Å². The van der Waals surface area contributed by atoms with Crippen molar-refractivity contribution in [2.45, 2.75) is 33.7 Å². The lowest BCUT2D eigenvalue weighted by atomic mass is 10.2. The summed E-state index contributed by atoms with van der Waals surface area (Å²) in [6.07, 6.45) is 0.916. The Labute approximate surface area is 151 Å². The average Bonchev–Trinajstić information content (AvgIpc) is 3.20. The molecule has 132 valence electrons. The average molecular weight is 358 g/mol. The molecule has 2 unspecified atom stereocenters. The Morgan fingerprint density at radius 2 is 2.00 bits per heavy atom. The molecule has 1 fully saturated rings. The second-order valence-corrected chi connectivity index (χ2v) is 7.34. The van der Waals surface area contributed by atoms with Crippen LogP contribution >= 0.6 is 11.3 Å². The van der Waals surface area contributed by atoms with Crippen LogP contribution in [0, 0.1) is 18.8 Å². The highest BCUT2D eigenvalue weighted by Gasteiger charge is 2.42. The van der Waals surface area contributed by atoms with Gasteiger partial charge in [0.1, 0.15) is 4.88 Å². The van der Waals surface area contributed by atoms with Crippen LogP contribution in [0.1, 0.15) is 41.2 Å². The Kier molecular flexibility index (Phi) is 5.18. The zero-order chi connectivity index (χ0) is 18.0. The molecule has 6 heteroatoms. The Hall–Kier alpha value is -2.21. The summed E-state index contributed by atoms with van der Waals surface area (Å²) in [5.74, 6) is 0.173. The van der Waals surface area contributed by atoms with Crippen LogP contribution < -0.4 is 4.90 Å². The van der Waals surface area contributed by atoms with Gasteiger partial charge in [-0.1, -0.05) is 48.6 Å². The molecule has 0 bridgehead atoms. The molecular weight excluding hydrogens is 336 g/mol. The first-order valence-corrected chi connectivity index (χ1v) is 9.32. The number of carbonyl (C=O) groups is 2. The third-order valence-electron chi connectivity index (χ3n) is 4.35. The highest BCUT2D eigenvalue weighted by molar-refractivity contribution is 7.17. The third kappa shape index (κ3) is 3.90. The van der Waals surface area contributed by atoms with Crippen LogP contribution in [0.3, 0.4) is 0 Å². The summed E-state index contributed by atoms with van der Waals surface area (Å²) in [5.41, 5.74) is 1.64. The van der Waals surface area contributed by atoms with E-state index >= 15 is 0 Å². The van der Waals surface area contributed by atoms with E-state index < -0.39 is 0 Å². The van der Waals surface area contributed by atoms with Gasteiger partial charge in [0.15, 0.2) is 5.13 Å². The van der Waals surface area contributed by atoms with E-state index in [9.17, 15) is 9.59 Å². The van der Waals surface area contributed by atoms with Crippen LogP contribution in [0.5, 0.6) is 0 Å². The van der Waals surface area contributed by atoms with Crippen molar-refractivity contribution in [1.29, 1.82) is 0 Å². The molecule has 1 saturated carbocycles. The highest BCUT2D eigenvalue weighted by Crippen LogP contribution is 2.41. The van der Waals surface area contributed by atoms with Crippen molar-refractivity contribution in [2.24, 2.45) is 11.8 Å². The molecule has 3 rings (SSSR count). The lowest BCUT2D eigenvalue weighted by Gasteiger charge is -2.20.